The first-order chi connectivity index (χ1) is 28.1. The van der Waals surface area contributed by atoms with E-state index in [9.17, 15) is 39.6 Å². The van der Waals surface area contributed by atoms with E-state index in [1.54, 1.807) is 0 Å². The maximum Gasteiger partial charge on any atom is 0.303 e. The first-order valence-electron chi connectivity index (χ1n) is 23.4. The van der Waals surface area contributed by atoms with Gasteiger partial charge in [-0.1, -0.05) is 162 Å². The molecule has 13 heteroatoms. The van der Waals surface area contributed by atoms with Crippen LogP contribution >= 0.6 is 0 Å². The summed E-state index contributed by atoms with van der Waals surface area (Å²) in [7, 11) is 0. The van der Waals surface area contributed by atoms with E-state index >= 15 is 0 Å². The van der Waals surface area contributed by atoms with E-state index in [1.807, 2.05) is 0 Å². The highest BCUT2D eigenvalue weighted by Crippen LogP contribution is 2.26. The van der Waals surface area contributed by atoms with Crippen molar-refractivity contribution in [1.82, 2.24) is 15.5 Å². The van der Waals surface area contributed by atoms with E-state index in [4.69, 9.17) is 9.84 Å². The summed E-state index contributed by atoms with van der Waals surface area (Å²) < 4.78 is 6.10. The van der Waals surface area contributed by atoms with E-state index < -0.39 is 67.6 Å². The lowest BCUT2D eigenvalue weighted by Crippen LogP contribution is -2.70. The predicted octanol–water partition coefficient (Wildman–Crippen LogP) is 7.04. The fraction of sp³-hybridized carbons (Fsp3) is 0.911. The number of unbranched alkanes of at least 4 members (excludes halogenated alkanes) is 24. The van der Waals surface area contributed by atoms with Crippen molar-refractivity contribution in [3.63, 3.8) is 0 Å². The number of nitrogens with zero attached hydrogens (tertiary/aromatic N) is 1. The Morgan fingerprint density at radius 2 is 1.02 bits per heavy atom. The summed E-state index contributed by atoms with van der Waals surface area (Å²) in [5, 5.41) is 56.1. The SMILES string of the molecule is CCCCCCCCCCCCCCCCCCN(C(=O)CCCCCCCCCCC)[C@@H]1O[C@H](CO)[C@@H](O)[C@H](O)[C@H]1NC(=O)[C@H](CO)NC(=O)CCCCC(=O)O. The molecule has 1 heterocycles. The average Bonchev–Trinajstić information content (AvgIpc) is 3.21. The third-order valence-electron chi connectivity index (χ3n) is 11.5. The molecule has 3 amide bonds. The van der Waals surface area contributed by atoms with Crippen molar-refractivity contribution in [3.05, 3.63) is 0 Å². The number of hydrogen-bond acceptors (Lipinski definition) is 9. The van der Waals surface area contributed by atoms with Crippen molar-refractivity contribution >= 4 is 23.7 Å². The lowest BCUT2D eigenvalue weighted by molar-refractivity contribution is -0.231. The highest BCUT2D eigenvalue weighted by atomic mass is 16.5. The first kappa shape index (κ1) is 53.7. The Bertz CT molecular complexity index is 1070. The minimum atomic E-state index is -1.63. The molecule has 0 bridgehead atoms. The monoisotopic (exact) mass is 828 g/mol. The second kappa shape index (κ2) is 35.4. The molecule has 0 aromatic rings. The van der Waals surface area contributed by atoms with E-state index in [1.165, 1.54) is 114 Å². The van der Waals surface area contributed by atoms with Gasteiger partial charge in [-0.05, 0) is 25.7 Å². The van der Waals surface area contributed by atoms with Crippen LogP contribution < -0.4 is 10.6 Å². The van der Waals surface area contributed by atoms with Gasteiger partial charge in [0.05, 0.1) is 13.2 Å². The molecule has 13 nitrogen and oxygen atoms in total. The third-order valence-corrected chi connectivity index (χ3v) is 11.5. The number of carboxylic acids is 1. The number of ether oxygens (including phenoxy) is 1. The highest BCUT2D eigenvalue weighted by molar-refractivity contribution is 5.88. The second-order valence-electron chi connectivity index (χ2n) is 16.6. The van der Waals surface area contributed by atoms with Crippen molar-refractivity contribution in [2.45, 2.75) is 243 Å². The van der Waals surface area contributed by atoms with Gasteiger partial charge in [0, 0.05) is 25.8 Å². The van der Waals surface area contributed by atoms with Crippen LogP contribution in [-0.4, -0.2) is 111 Å². The lowest BCUT2D eigenvalue weighted by atomic mass is 9.94. The summed E-state index contributed by atoms with van der Waals surface area (Å²) >= 11 is 0. The maximum atomic E-state index is 14.0. The van der Waals surface area contributed by atoms with Gasteiger partial charge in [-0.15, -0.1) is 0 Å². The molecule has 0 aromatic heterocycles. The van der Waals surface area contributed by atoms with Gasteiger partial charge in [0.15, 0.2) is 6.23 Å². The van der Waals surface area contributed by atoms with E-state index in [-0.39, 0.29) is 38.0 Å². The van der Waals surface area contributed by atoms with Crippen LogP contribution in [0, 0.1) is 0 Å². The molecule has 0 saturated carbocycles. The minimum Gasteiger partial charge on any atom is -0.481 e. The Labute approximate surface area is 350 Å². The molecular formula is C45H85N3O10. The number of aliphatic hydroxyl groups excluding tert-OH is 4. The molecule has 1 aliphatic rings. The van der Waals surface area contributed by atoms with Crippen molar-refractivity contribution < 1.29 is 49.4 Å². The standard InChI is InChI=1S/C45H85N3O10/c1-3-5-7-9-11-13-14-15-16-17-18-19-21-23-25-29-33-48(39(52)31-26-24-22-20-12-10-8-6-4-2)45-41(43(56)42(55)37(35-50)58-45)47-44(57)36(34-49)46-38(51)30-27-28-32-40(53)54/h36-37,41-43,45,49-50,55-56H,3-35H2,1-2H3,(H,46,51)(H,47,57)(H,53,54)/t36-,37+,41+,42+,43+,45+/m0/s1. The van der Waals surface area contributed by atoms with Crippen LogP contribution in [0.1, 0.15) is 206 Å². The molecule has 58 heavy (non-hydrogen) atoms. The van der Waals surface area contributed by atoms with Gasteiger partial charge in [0.2, 0.25) is 17.7 Å². The Morgan fingerprint density at radius 1 is 0.586 bits per heavy atom. The number of aliphatic carboxylic acids is 1. The Morgan fingerprint density at radius 3 is 1.47 bits per heavy atom. The number of amides is 3. The molecule has 0 aliphatic carbocycles. The predicted molar refractivity (Wildman–Crippen MR) is 228 cm³/mol. The summed E-state index contributed by atoms with van der Waals surface area (Å²) in [5.74, 6) is -2.58. The van der Waals surface area contributed by atoms with Gasteiger partial charge in [-0.2, -0.15) is 0 Å². The van der Waals surface area contributed by atoms with Gasteiger partial charge in [0.25, 0.3) is 0 Å². The Hall–Kier alpha value is -2.32. The molecule has 0 aromatic carbocycles. The molecular weight excluding hydrogens is 743 g/mol. The average molecular weight is 828 g/mol. The summed E-state index contributed by atoms with van der Waals surface area (Å²) in [6, 6.07) is -2.72. The van der Waals surface area contributed by atoms with Crippen LogP contribution in [0.15, 0.2) is 0 Å². The van der Waals surface area contributed by atoms with Crippen LogP contribution in [0.2, 0.25) is 0 Å². The van der Waals surface area contributed by atoms with Crippen molar-refractivity contribution in [2.75, 3.05) is 19.8 Å². The largest absolute Gasteiger partial charge is 0.481 e. The molecule has 1 fully saturated rings. The molecule has 340 valence electrons. The zero-order valence-corrected chi connectivity index (χ0v) is 36.5. The summed E-state index contributed by atoms with van der Waals surface area (Å²) in [5.41, 5.74) is 0. The van der Waals surface area contributed by atoms with Gasteiger partial charge >= 0.3 is 5.97 Å². The number of rotatable bonds is 38. The quantitative estimate of drug-likeness (QED) is 0.0316. The molecule has 7 N–H and O–H groups in total. The summed E-state index contributed by atoms with van der Waals surface area (Å²) in [6.45, 7) is 3.36. The zero-order chi connectivity index (χ0) is 42.8. The summed E-state index contributed by atoms with van der Waals surface area (Å²) in [4.78, 5) is 52.2. The molecule has 1 saturated heterocycles. The molecule has 1 rings (SSSR count). The smallest absolute Gasteiger partial charge is 0.303 e. The lowest BCUT2D eigenvalue weighted by Gasteiger charge is -2.47. The van der Waals surface area contributed by atoms with E-state index in [0.29, 0.717) is 19.4 Å². The van der Waals surface area contributed by atoms with Gasteiger partial charge < -0.3 is 45.8 Å². The molecule has 0 spiro atoms. The van der Waals surface area contributed by atoms with Crippen LogP contribution in [0.25, 0.3) is 0 Å². The topological polar surface area (TPSA) is 206 Å². The summed E-state index contributed by atoms with van der Waals surface area (Å²) in [6.07, 6.45) is 24.2. The van der Waals surface area contributed by atoms with Gasteiger partial charge in [-0.3, -0.25) is 19.2 Å². The van der Waals surface area contributed by atoms with Crippen LogP contribution in [0.5, 0.6) is 0 Å². The number of carboxylic acid groups (broad SMARTS) is 1. The fourth-order valence-electron chi connectivity index (χ4n) is 7.76. The fourth-order valence-corrected chi connectivity index (χ4v) is 7.76. The van der Waals surface area contributed by atoms with E-state index in [2.05, 4.69) is 24.5 Å². The molecule has 0 radical (unpaired) electrons. The normalized spacial score (nSPS) is 19.8. The molecule has 6 atom stereocenters. The minimum absolute atomic E-state index is 0.0494. The maximum absolute atomic E-state index is 14.0. The van der Waals surface area contributed by atoms with Crippen LogP contribution in [-0.2, 0) is 23.9 Å². The first-order valence-corrected chi connectivity index (χ1v) is 23.4. The van der Waals surface area contributed by atoms with Crippen molar-refractivity contribution in [2.24, 2.45) is 0 Å². The number of aliphatic hydroxyl groups is 4. The second-order valence-corrected chi connectivity index (χ2v) is 16.6. The highest BCUT2D eigenvalue weighted by Gasteiger charge is 2.48. The van der Waals surface area contributed by atoms with Crippen LogP contribution in [0.4, 0.5) is 0 Å². The third kappa shape index (κ3) is 24.7. The molecule has 0 unspecified atom stereocenters. The Balaban J connectivity index is 2.86. The molecule has 1 aliphatic heterocycles. The van der Waals surface area contributed by atoms with Crippen LogP contribution in [0.3, 0.4) is 0 Å². The number of nitrogens with one attached hydrogen (secondary N) is 2. The van der Waals surface area contributed by atoms with Gasteiger partial charge in [-0.25, -0.2) is 0 Å². The van der Waals surface area contributed by atoms with Crippen molar-refractivity contribution in [1.29, 1.82) is 0 Å². The Kier molecular flexibility index (Phi) is 32.8. The number of hydrogen-bond donors (Lipinski definition) is 7. The zero-order valence-electron chi connectivity index (χ0n) is 36.5. The number of carbonyl (C=O) groups excluding carboxylic acids is 3. The van der Waals surface area contributed by atoms with Gasteiger partial charge in [0.1, 0.15) is 30.4 Å². The number of carbonyl (C=O) groups is 4. The van der Waals surface area contributed by atoms with Crippen molar-refractivity contribution in [3.8, 4) is 0 Å². The van der Waals surface area contributed by atoms with E-state index in [0.717, 1.165) is 38.5 Å².